The van der Waals surface area contributed by atoms with Crippen LogP contribution < -0.4 is 0 Å². The van der Waals surface area contributed by atoms with E-state index in [1.165, 1.54) is 6.92 Å². The molecule has 2 nitrogen and oxygen atoms in total. The van der Waals surface area contributed by atoms with Crippen LogP contribution in [0.25, 0.3) is 0 Å². The summed E-state index contributed by atoms with van der Waals surface area (Å²) in [5, 5.41) is 8.69. The van der Waals surface area contributed by atoms with Crippen molar-refractivity contribution in [3.05, 3.63) is 0 Å². The largest absolute Gasteiger partial charge is 0.414 e. The maximum absolute atomic E-state index is 12.5. The topological polar surface area (TPSA) is 29.5 Å². The molecule has 2 atom stereocenters. The highest BCUT2D eigenvalue weighted by atomic mass is 19.4. The van der Waals surface area contributed by atoms with Crippen LogP contribution in [0.5, 0.6) is 0 Å². The third-order valence-electron chi connectivity index (χ3n) is 1.61. The molecule has 0 saturated carbocycles. The Labute approximate surface area is 82.1 Å². The summed E-state index contributed by atoms with van der Waals surface area (Å²) >= 11 is 0. The highest BCUT2D eigenvalue weighted by Crippen LogP contribution is 2.31. The van der Waals surface area contributed by atoms with E-state index in [2.05, 4.69) is 0 Å². The highest BCUT2D eigenvalue weighted by Gasteiger charge is 2.45. The van der Waals surface area contributed by atoms with Crippen LogP contribution >= 0.6 is 0 Å². The first kappa shape index (κ1) is 13.7. The SMILES string of the molecule is C[C@H](CO)[C@@H](OC(C)(C)C)C(F)(F)F. The molecule has 0 aromatic carbocycles. The Balaban J connectivity index is 4.58. The second-order valence-corrected chi connectivity index (χ2v) is 4.35. The Kier molecular flexibility index (Phi) is 4.39. The molecule has 0 bridgehead atoms. The summed E-state index contributed by atoms with van der Waals surface area (Å²) in [7, 11) is 0. The number of aliphatic hydroxyl groups is 1. The molecule has 0 amide bonds. The normalized spacial score (nSPS) is 18.0. The fourth-order valence-electron chi connectivity index (χ4n) is 0.982. The van der Waals surface area contributed by atoms with Crippen LogP contribution in [0.1, 0.15) is 27.7 Å². The molecule has 0 heterocycles. The predicted octanol–water partition coefficient (Wildman–Crippen LogP) is 2.36. The summed E-state index contributed by atoms with van der Waals surface area (Å²) in [4.78, 5) is 0. The van der Waals surface area contributed by atoms with Gasteiger partial charge in [-0.25, -0.2) is 0 Å². The van der Waals surface area contributed by atoms with E-state index in [-0.39, 0.29) is 0 Å². The maximum Gasteiger partial charge on any atom is 0.414 e. The third-order valence-corrected chi connectivity index (χ3v) is 1.61. The van der Waals surface area contributed by atoms with Crippen molar-refractivity contribution in [1.29, 1.82) is 0 Å². The zero-order chi connectivity index (χ0) is 11.6. The van der Waals surface area contributed by atoms with Gasteiger partial charge in [0, 0.05) is 12.5 Å². The van der Waals surface area contributed by atoms with E-state index in [0.717, 1.165) is 0 Å². The molecule has 0 aliphatic rings. The van der Waals surface area contributed by atoms with Gasteiger partial charge < -0.3 is 9.84 Å². The lowest BCUT2D eigenvalue weighted by Gasteiger charge is -2.32. The van der Waals surface area contributed by atoms with Gasteiger partial charge in [-0.3, -0.25) is 0 Å². The van der Waals surface area contributed by atoms with Gasteiger partial charge in [0.25, 0.3) is 0 Å². The average molecular weight is 214 g/mol. The molecule has 14 heavy (non-hydrogen) atoms. The highest BCUT2D eigenvalue weighted by molar-refractivity contribution is 4.77. The van der Waals surface area contributed by atoms with E-state index < -0.39 is 30.4 Å². The second-order valence-electron chi connectivity index (χ2n) is 4.35. The Hall–Kier alpha value is -0.290. The van der Waals surface area contributed by atoms with Crippen molar-refractivity contribution in [2.24, 2.45) is 5.92 Å². The van der Waals surface area contributed by atoms with E-state index in [1.54, 1.807) is 20.8 Å². The number of hydrogen-bond donors (Lipinski definition) is 1. The lowest BCUT2D eigenvalue weighted by atomic mass is 10.0. The fourth-order valence-corrected chi connectivity index (χ4v) is 0.982. The number of halogens is 3. The van der Waals surface area contributed by atoms with Crippen LogP contribution in [0, 0.1) is 5.92 Å². The minimum Gasteiger partial charge on any atom is -0.396 e. The smallest absolute Gasteiger partial charge is 0.396 e. The van der Waals surface area contributed by atoms with Gasteiger partial charge in [-0.15, -0.1) is 0 Å². The first-order chi connectivity index (χ1) is 6.08. The van der Waals surface area contributed by atoms with E-state index in [9.17, 15) is 13.2 Å². The van der Waals surface area contributed by atoms with Crippen molar-refractivity contribution in [3.63, 3.8) is 0 Å². The summed E-state index contributed by atoms with van der Waals surface area (Å²) in [5.74, 6) is -0.950. The van der Waals surface area contributed by atoms with Gasteiger partial charge in [-0.1, -0.05) is 6.92 Å². The minimum atomic E-state index is -4.44. The van der Waals surface area contributed by atoms with Crippen LogP contribution in [0.3, 0.4) is 0 Å². The van der Waals surface area contributed by atoms with Gasteiger partial charge in [-0.2, -0.15) is 13.2 Å². The Morgan fingerprint density at radius 2 is 1.64 bits per heavy atom. The van der Waals surface area contributed by atoms with Crippen molar-refractivity contribution in [1.82, 2.24) is 0 Å². The molecule has 0 aromatic heterocycles. The van der Waals surface area contributed by atoms with Crippen LogP contribution in [0.2, 0.25) is 0 Å². The molecule has 0 aromatic rings. The second kappa shape index (κ2) is 4.49. The first-order valence-corrected chi connectivity index (χ1v) is 4.43. The van der Waals surface area contributed by atoms with Crippen molar-refractivity contribution in [2.45, 2.75) is 45.6 Å². The number of ether oxygens (including phenoxy) is 1. The van der Waals surface area contributed by atoms with Gasteiger partial charge >= 0.3 is 6.18 Å². The quantitative estimate of drug-likeness (QED) is 0.781. The van der Waals surface area contributed by atoms with Gasteiger partial charge in [0.1, 0.15) is 0 Å². The van der Waals surface area contributed by atoms with Gasteiger partial charge in [0.2, 0.25) is 0 Å². The minimum absolute atomic E-state index is 0.541. The van der Waals surface area contributed by atoms with Crippen LogP contribution in [-0.4, -0.2) is 29.6 Å². The molecule has 1 N–H and O–H groups in total. The molecule has 0 aliphatic carbocycles. The number of rotatable bonds is 3. The van der Waals surface area contributed by atoms with Crippen molar-refractivity contribution in [2.75, 3.05) is 6.61 Å². The van der Waals surface area contributed by atoms with Gasteiger partial charge in [0.05, 0.1) is 5.60 Å². The van der Waals surface area contributed by atoms with Gasteiger partial charge in [-0.05, 0) is 20.8 Å². The summed E-state index contributed by atoms with van der Waals surface area (Å²) in [6.07, 6.45) is -6.34. The molecule has 0 fully saturated rings. The van der Waals surface area contributed by atoms with Crippen LogP contribution in [-0.2, 0) is 4.74 Å². The average Bonchev–Trinajstić information content (AvgIpc) is 1.95. The van der Waals surface area contributed by atoms with E-state index in [1.807, 2.05) is 0 Å². The number of aliphatic hydroxyl groups excluding tert-OH is 1. The first-order valence-electron chi connectivity index (χ1n) is 4.43. The molecule has 0 radical (unpaired) electrons. The summed E-state index contributed by atoms with van der Waals surface area (Å²) in [6.45, 7) is 5.42. The van der Waals surface area contributed by atoms with Crippen LogP contribution in [0.15, 0.2) is 0 Å². The monoisotopic (exact) mass is 214 g/mol. The van der Waals surface area contributed by atoms with Crippen molar-refractivity contribution >= 4 is 0 Å². The lowest BCUT2D eigenvalue weighted by molar-refractivity contribution is -0.262. The summed E-state index contributed by atoms with van der Waals surface area (Å²) < 4.78 is 42.2. The predicted molar refractivity (Wildman–Crippen MR) is 46.9 cm³/mol. The fraction of sp³-hybridized carbons (Fsp3) is 1.00. The number of hydrogen-bond acceptors (Lipinski definition) is 2. The van der Waals surface area contributed by atoms with Crippen molar-refractivity contribution < 1.29 is 23.0 Å². The molecule has 0 saturated heterocycles. The van der Waals surface area contributed by atoms with Gasteiger partial charge in [0.15, 0.2) is 6.10 Å². The summed E-state index contributed by atoms with van der Waals surface area (Å²) in [6, 6.07) is 0. The molecule has 0 unspecified atom stereocenters. The molecule has 0 rings (SSSR count). The molecular weight excluding hydrogens is 197 g/mol. The zero-order valence-electron chi connectivity index (χ0n) is 8.85. The molecule has 86 valence electrons. The Morgan fingerprint density at radius 3 is 1.86 bits per heavy atom. The molecule has 0 spiro atoms. The molecule has 0 aliphatic heterocycles. The number of alkyl halides is 3. The van der Waals surface area contributed by atoms with E-state index in [0.29, 0.717) is 0 Å². The van der Waals surface area contributed by atoms with Crippen LogP contribution in [0.4, 0.5) is 13.2 Å². The maximum atomic E-state index is 12.5. The van der Waals surface area contributed by atoms with Crippen molar-refractivity contribution in [3.8, 4) is 0 Å². The summed E-state index contributed by atoms with van der Waals surface area (Å²) in [5.41, 5.74) is -0.871. The molecule has 5 heteroatoms. The van der Waals surface area contributed by atoms with E-state index >= 15 is 0 Å². The standard InChI is InChI=1S/C9H17F3O2/c1-6(5-13)7(9(10,11)12)14-8(2,3)4/h6-7,13H,5H2,1-4H3/t6-,7-/m1/s1. The Morgan fingerprint density at radius 1 is 1.21 bits per heavy atom. The lowest BCUT2D eigenvalue weighted by Crippen LogP contribution is -2.43. The third kappa shape index (κ3) is 4.81. The zero-order valence-corrected chi connectivity index (χ0v) is 8.85. The molecular formula is C9H17F3O2. The Bertz CT molecular complexity index is 172. The van der Waals surface area contributed by atoms with E-state index in [4.69, 9.17) is 9.84 Å².